The fourth-order valence-corrected chi connectivity index (χ4v) is 3.11. The molecule has 0 aliphatic rings. The van der Waals surface area contributed by atoms with E-state index in [-0.39, 0.29) is 0 Å². The van der Waals surface area contributed by atoms with E-state index >= 15 is 0 Å². The molecule has 1 aromatic carbocycles. The molecule has 0 saturated carbocycles. The predicted molar refractivity (Wildman–Crippen MR) is 90.7 cm³/mol. The number of aromatic nitrogens is 1. The van der Waals surface area contributed by atoms with E-state index in [4.69, 9.17) is 4.42 Å². The quantitative estimate of drug-likeness (QED) is 0.482. The van der Waals surface area contributed by atoms with Gasteiger partial charge in [0.25, 0.3) is 0 Å². The van der Waals surface area contributed by atoms with Crippen LogP contribution in [0.4, 0.5) is 0 Å². The molecule has 3 heterocycles. The first-order valence-electron chi connectivity index (χ1n) is 7.05. The van der Waals surface area contributed by atoms with Gasteiger partial charge in [0.2, 0.25) is 0 Å². The maximum Gasteiger partial charge on any atom is 0.136 e. The van der Waals surface area contributed by atoms with Crippen molar-refractivity contribution in [3.63, 3.8) is 0 Å². The normalized spacial score (nSPS) is 10.7. The van der Waals surface area contributed by atoms with Gasteiger partial charge in [-0.15, -0.1) is 11.3 Å². The highest BCUT2D eigenvalue weighted by molar-refractivity contribution is 7.13. The summed E-state index contributed by atoms with van der Waals surface area (Å²) in [5.41, 5.74) is 3.19. The summed E-state index contributed by atoms with van der Waals surface area (Å²) in [5, 5.41) is 2.07. The first-order valence-corrected chi connectivity index (χ1v) is 7.93. The molecule has 0 radical (unpaired) electrons. The first-order chi connectivity index (χ1) is 10.9. The van der Waals surface area contributed by atoms with E-state index < -0.39 is 0 Å². The third-order valence-corrected chi connectivity index (χ3v) is 4.41. The third kappa shape index (κ3) is 2.47. The maximum atomic E-state index is 5.99. The third-order valence-electron chi connectivity index (χ3n) is 3.49. The van der Waals surface area contributed by atoms with Gasteiger partial charge in [0.05, 0.1) is 0 Å². The molecule has 0 amide bonds. The minimum atomic E-state index is 0.838. The fraction of sp³-hybridized carbons (Fsp3) is 0. The summed E-state index contributed by atoms with van der Waals surface area (Å²) in [5.74, 6) is 1.71. The monoisotopic (exact) mass is 303 g/mol. The molecule has 106 valence electrons. The predicted octanol–water partition coefficient (Wildman–Crippen LogP) is 5.74. The molecule has 0 unspecified atom stereocenters. The van der Waals surface area contributed by atoms with Crippen molar-refractivity contribution >= 4 is 11.3 Å². The number of hydrogen-bond donors (Lipinski definition) is 0. The molecule has 0 bridgehead atoms. The summed E-state index contributed by atoms with van der Waals surface area (Å²) in [4.78, 5) is 5.56. The molecule has 0 aliphatic carbocycles. The Morgan fingerprint density at radius 3 is 2.27 bits per heavy atom. The van der Waals surface area contributed by atoms with Gasteiger partial charge in [0.1, 0.15) is 11.5 Å². The molecule has 3 aromatic heterocycles. The molecule has 0 aliphatic heterocycles. The number of pyridine rings is 1. The first kappa shape index (κ1) is 13.0. The van der Waals surface area contributed by atoms with Crippen LogP contribution in [0.5, 0.6) is 0 Å². The topological polar surface area (TPSA) is 26.0 Å². The zero-order chi connectivity index (χ0) is 14.8. The van der Waals surface area contributed by atoms with Gasteiger partial charge < -0.3 is 4.42 Å². The SMILES string of the molecule is c1ccc(-c2ccc(-c3cncc(-c4cccs4)c3)o2)cc1. The highest BCUT2D eigenvalue weighted by atomic mass is 32.1. The highest BCUT2D eigenvalue weighted by Gasteiger charge is 2.08. The van der Waals surface area contributed by atoms with Crippen molar-refractivity contribution in [2.45, 2.75) is 0 Å². The molecular formula is C19H13NOS. The number of thiophene rings is 1. The highest BCUT2D eigenvalue weighted by Crippen LogP contribution is 2.31. The average Bonchev–Trinajstić information content (AvgIpc) is 3.28. The molecule has 0 fully saturated rings. The van der Waals surface area contributed by atoms with Gasteiger partial charge in [-0.25, -0.2) is 0 Å². The summed E-state index contributed by atoms with van der Waals surface area (Å²) >= 11 is 1.71. The lowest BCUT2D eigenvalue weighted by molar-refractivity contribution is 0.597. The number of nitrogens with zero attached hydrogens (tertiary/aromatic N) is 1. The van der Waals surface area contributed by atoms with Crippen molar-refractivity contribution in [3.05, 3.63) is 78.4 Å². The van der Waals surface area contributed by atoms with Gasteiger partial charge in [0, 0.05) is 34.0 Å². The lowest BCUT2D eigenvalue weighted by atomic mass is 10.1. The standard InChI is InChI=1S/C19H13NOS/c1-2-5-14(6-3-1)17-8-9-18(21-17)15-11-16(13-20-12-15)19-7-4-10-22-19/h1-13H. The van der Waals surface area contributed by atoms with Gasteiger partial charge in [-0.05, 0) is 29.6 Å². The average molecular weight is 303 g/mol. The van der Waals surface area contributed by atoms with Crippen LogP contribution in [0.2, 0.25) is 0 Å². The van der Waals surface area contributed by atoms with Crippen molar-refractivity contribution in [2.24, 2.45) is 0 Å². The molecule has 0 spiro atoms. The summed E-state index contributed by atoms with van der Waals surface area (Å²) in [6.07, 6.45) is 3.72. The molecule has 4 rings (SSSR count). The van der Waals surface area contributed by atoms with E-state index in [1.807, 2.05) is 60.9 Å². The maximum absolute atomic E-state index is 5.99. The Morgan fingerprint density at radius 2 is 1.50 bits per heavy atom. The number of benzene rings is 1. The summed E-state index contributed by atoms with van der Waals surface area (Å²) in [7, 11) is 0. The summed E-state index contributed by atoms with van der Waals surface area (Å²) in [6.45, 7) is 0. The van der Waals surface area contributed by atoms with Gasteiger partial charge in [-0.2, -0.15) is 0 Å². The van der Waals surface area contributed by atoms with Crippen LogP contribution in [0, 0.1) is 0 Å². The minimum absolute atomic E-state index is 0.838. The molecule has 0 atom stereocenters. The van der Waals surface area contributed by atoms with Gasteiger partial charge >= 0.3 is 0 Å². The van der Waals surface area contributed by atoms with Crippen LogP contribution < -0.4 is 0 Å². The van der Waals surface area contributed by atoms with Crippen LogP contribution in [0.3, 0.4) is 0 Å². The van der Waals surface area contributed by atoms with E-state index in [9.17, 15) is 0 Å². The molecule has 2 nitrogen and oxygen atoms in total. The second-order valence-corrected chi connectivity index (χ2v) is 5.92. The number of furan rings is 1. The lowest BCUT2D eigenvalue weighted by Crippen LogP contribution is -1.80. The van der Waals surface area contributed by atoms with Crippen molar-refractivity contribution < 1.29 is 4.42 Å². The van der Waals surface area contributed by atoms with E-state index in [0.717, 1.165) is 28.2 Å². The van der Waals surface area contributed by atoms with E-state index in [2.05, 4.69) is 22.5 Å². The molecule has 4 aromatic rings. The number of hydrogen-bond acceptors (Lipinski definition) is 3. The second kappa shape index (κ2) is 5.62. The van der Waals surface area contributed by atoms with E-state index in [0.29, 0.717) is 0 Å². The lowest BCUT2D eigenvalue weighted by Gasteiger charge is -2.01. The number of rotatable bonds is 3. The Bertz CT molecular complexity index is 879. The largest absolute Gasteiger partial charge is 0.456 e. The van der Waals surface area contributed by atoms with Crippen LogP contribution in [0.1, 0.15) is 0 Å². The Labute approximate surface area is 132 Å². The van der Waals surface area contributed by atoms with Crippen LogP contribution >= 0.6 is 11.3 Å². The van der Waals surface area contributed by atoms with Crippen LogP contribution in [0.25, 0.3) is 33.1 Å². The van der Waals surface area contributed by atoms with Gasteiger partial charge in [-0.3, -0.25) is 4.98 Å². The smallest absolute Gasteiger partial charge is 0.136 e. The molecule has 22 heavy (non-hydrogen) atoms. The van der Waals surface area contributed by atoms with Crippen LogP contribution in [-0.2, 0) is 0 Å². The van der Waals surface area contributed by atoms with E-state index in [1.165, 1.54) is 4.88 Å². The molecule has 0 N–H and O–H groups in total. The van der Waals surface area contributed by atoms with Gasteiger partial charge in [-0.1, -0.05) is 36.4 Å². The Balaban J connectivity index is 1.71. The summed E-state index contributed by atoms with van der Waals surface area (Å²) in [6, 6.07) is 20.4. The van der Waals surface area contributed by atoms with E-state index in [1.54, 1.807) is 11.3 Å². The second-order valence-electron chi connectivity index (χ2n) is 4.97. The molecule has 0 saturated heterocycles. The zero-order valence-electron chi connectivity index (χ0n) is 11.8. The van der Waals surface area contributed by atoms with Crippen LogP contribution in [0.15, 0.2) is 82.9 Å². The van der Waals surface area contributed by atoms with Crippen LogP contribution in [-0.4, -0.2) is 4.98 Å². The molecule has 3 heteroatoms. The van der Waals surface area contributed by atoms with Gasteiger partial charge in [0.15, 0.2) is 0 Å². The summed E-state index contributed by atoms with van der Waals surface area (Å²) < 4.78 is 5.99. The van der Waals surface area contributed by atoms with Crippen molar-refractivity contribution in [2.75, 3.05) is 0 Å². The van der Waals surface area contributed by atoms with Crippen molar-refractivity contribution in [3.8, 4) is 33.1 Å². The Morgan fingerprint density at radius 1 is 0.727 bits per heavy atom. The van der Waals surface area contributed by atoms with Crippen molar-refractivity contribution in [1.29, 1.82) is 0 Å². The molecular weight excluding hydrogens is 290 g/mol. The Hall–Kier alpha value is -2.65. The fourth-order valence-electron chi connectivity index (χ4n) is 2.40. The van der Waals surface area contributed by atoms with Crippen molar-refractivity contribution in [1.82, 2.24) is 4.98 Å². The Kier molecular flexibility index (Phi) is 3.33. The zero-order valence-corrected chi connectivity index (χ0v) is 12.6. The minimum Gasteiger partial charge on any atom is -0.456 e.